The average Bonchev–Trinajstić information content (AvgIpc) is 3.42. The van der Waals surface area contributed by atoms with Crippen LogP contribution >= 0.6 is 0 Å². The summed E-state index contributed by atoms with van der Waals surface area (Å²) in [6.07, 6.45) is 10.0. The zero-order valence-corrected chi connectivity index (χ0v) is 22.3. The molecule has 7 heteroatoms. The highest BCUT2D eigenvalue weighted by Gasteiger charge is 2.71. The molecule has 7 nitrogen and oxygen atoms in total. The number of cyclic esters (lactones) is 1. The van der Waals surface area contributed by atoms with Gasteiger partial charge in [-0.25, -0.2) is 4.79 Å². The van der Waals surface area contributed by atoms with Crippen molar-refractivity contribution in [2.75, 3.05) is 13.2 Å². The van der Waals surface area contributed by atoms with E-state index in [1.54, 1.807) is 18.2 Å². The Hall–Kier alpha value is -2.22. The molecule has 4 fully saturated rings. The van der Waals surface area contributed by atoms with Gasteiger partial charge in [0.05, 0.1) is 17.3 Å². The summed E-state index contributed by atoms with van der Waals surface area (Å²) < 4.78 is 5.25. The molecule has 1 aromatic carbocycles. The number of aromatic hydroxyl groups is 1. The highest BCUT2D eigenvalue weighted by atomic mass is 16.5. The number of phenols is 1. The largest absolute Gasteiger partial charge is 0.508 e. The van der Waals surface area contributed by atoms with Crippen molar-refractivity contribution in [1.29, 1.82) is 0 Å². The fourth-order valence-electron chi connectivity index (χ4n) is 9.44. The first-order valence-electron chi connectivity index (χ1n) is 14.4. The Morgan fingerprint density at radius 3 is 2.53 bits per heavy atom. The van der Waals surface area contributed by atoms with E-state index in [-0.39, 0.29) is 34.9 Å². The van der Waals surface area contributed by atoms with Crippen molar-refractivity contribution in [3.63, 3.8) is 0 Å². The summed E-state index contributed by atoms with van der Waals surface area (Å²) in [7, 11) is 0. The van der Waals surface area contributed by atoms with E-state index in [1.807, 2.05) is 18.3 Å². The SMILES string of the molecule is C[C@]12CC[C@H]3[C@@H](CC[C@]4(O)C[C@@H](O)CC[C@]34C=NCCc3ccc(O)cc3)[C@@]1(O)CC[C@@H]2C1=CC(=O)OC1. The molecular formula is C31H41NO6. The fraction of sp³-hybridized carbons (Fsp3) is 0.677. The van der Waals surface area contributed by atoms with Crippen molar-refractivity contribution in [3.05, 3.63) is 41.5 Å². The molecule has 0 unspecified atom stereocenters. The molecule has 38 heavy (non-hydrogen) atoms. The first kappa shape index (κ1) is 26.0. The van der Waals surface area contributed by atoms with E-state index in [0.717, 1.165) is 43.2 Å². The van der Waals surface area contributed by atoms with Crippen LogP contribution in [0.3, 0.4) is 0 Å². The van der Waals surface area contributed by atoms with E-state index < -0.39 is 22.7 Å². The molecule has 206 valence electrons. The number of hydrogen-bond acceptors (Lipinski definition) is 7. The third-order valence-corrected chi connectivity index (χ3v) is 11.4. The Kier molecular flexibility index (Phi) is 6.28. The molecule has 6 rings (SSSR count). The number of carbonyl (C=O) groups is 1. The Labute approximate surface area is 224 Å². The Morgan fingerprint density at radius 2 is 1.79 bits per heavy atom. The summed E-state index contributed by atoms with van der Waals surface area (Å²) in [4.78, 5) is 16.7. The lowest BCUT2D eigenvalue weighted by atomic mass is 9.41. The maximum Gasteiger partial charge on any atom is 0.331 e. The van der Waals surface area contributed by atoms with Gasteiger partial charge in [-0.3, -0.25) is 4.99 Å². The molecule has 1 aromatic rings. The van der Waals surface area contributed by atoms with Gasteiger partial charge >= 0.3 is 5.97 Å². The van der Waals surface area contributed by atoms with E-state index in [2.05, 4.69) is 6.92 Å². The smallest absolute Gasteiger partial charge is 0.331 e. The lowest BCUT2D eigenvalue weighted by Gasteiger charge is -2.65. The van der Waals surface area contributed by atoms with Gasteiger partial charge in [0, 0.05) is 36.1 Å². The number of ether oxygens (including phenoxy) is 1. The van der Waals surface area contributed by atoms with Gasteiger partial charge in [0.2, 0.25) is 0 Å². The van der Waals surface area contributed by atoms with Gasteiger partial charge in [-0.2, -0.15) is 0 Å². The number of hydrogen-bond donors (Lipinski definition) is 4. The van der Waals surface area contributed by atoms with Crippen LogP contribution in [0.2, 0.25) is 0 Å². The van der Waals surface area contributed by atoms with E-state index in [1.165, 1.54) is 0 Å². The van der Waals surface area contributed by atoms with Crippen LogP contribution in [0.1, 0.15) is 70.3 Å². The van der Waals surface area contributed by atoms with Crippen LogP contribution in [0.25, 0.3) is 0 Å². The second-order valence-corrected chi connectivity index (χ2v) is 13.0. The number of fused-ring (bicyclic) bond motifs is 5. The van der Waals surface area contributed by atoms with Gasteiger partial charge in [0.1, 0.15) is 12.4 Å². The molecule has 1 heterocycles. The standard InChI is InChI=1S/C31H41NO6/c1-28-11-7-25-26(31(28,37)14-9-24(28)21-16-27(35)38-18-21)8-13-30(36)17-23(34)6-12-29(25,30)19-32-15-10-20-2-4-22(33)5-3-20/h2-5,16,19,23-26,33-34,36-37H,6-15,17-18H2,1H3/t23-,24+,25-,26+,28+,29-,30-,31-/m0/s1. The number of benzene rings is 1. The van der Waals surface area contributed by atoms with Gasteiger partial charge < -0.3 is 25.2 Å². The van der Waals surface area contributed by atoms with Crippen molar-refractivity contribution in [2.45, 2.75) is 88.4 Å². The number of carbonyl (C=O) groups excluding carboxylic acids is 1. The number of phenolic OH excluding ortho intramolecular Hbond substituents is 1. The van der Waals surface area contributed by atoms with Gasteiger partial charge in [-0.1, -0.05) is 19.1 Å². The number of aliphatic hydroxyl groups is 3. The van der Waals surface area contributed by atoms with Crippen LogP contribution in [0, 0.1) is 28.6 Å². The van der Waals surface area contributed by atoms with Gasteiger partial charge in [-0.05, 0) is 98.8 Å². The summed E-state index contributed by atoms with van der Waals surface area (Å²) in [5.74, 6) is 0.208. The minimum atomic E-state index is -1.04. The second kappa shape index (κ2) is 9.17. The number of esters is 1. The topological polar surface area (TPSA) is 120 Å². The molecule has 0 bridgehead atoms. The zero-order chi connectivity index (χ0) is 26.8. The average molecular weight is 524 g/mol. The van der Waals surface area contributed by atoms with Gasteiger partial charge in [-0.15, -0.1) is 0 Å². The lowest BCUT2D eigenvalue weighted by Crippen LogP contribution is -2.68. The third kappa shape index (κ3) is 3.80. The Bertz CT molecular complexity index is 1150. The first-order chi connectivity index (χ1) is 18.1. The molecule has 4 aliphatic carbocycles. The predicted molar refractivity (Wildman–Crippen MR) is 143 cm³/mol. The molecule has 0 spiro atoms. The van der Waals surface area contributed by atoms with Crippen molar-refractivity contribution < 1.29 is 30.0 Å². The lowest BCUT2D eigenvalue weighted by molar-refractivity contribution is -0.237. The second-order valence-electron chi connectivity index (χ2n) is 13.0. The van der Waals surface area contributed by atoms with E-state index in [0.29, 0.717) is 45.3 Å². The quantitative estimate of drug-likeness (QED) is 0.345. The molecule has 4 saturated carbocycles. The van der Waals surface area contributed by atoms with Crippen molar-refractivity contribution >= 4 is 12.2 Å². The molecule has 0 radical (unpaired) electrons. The fourth-order valence-corrected chi connectivity index (χ4v) is 9.44. The number of rotatable bonds is 5. The molecular weight excluding hydrogens is 482 g/mol. The molecule has 1 aliphatic heterocycles. The molecule has 5 aliphatic rings. The van der Waals surface area contributed by atoms with Crippen LogP contribution in [0.5, 0.6) is 5.75 Å². The van der Waals surface area contributed by atoms with E-state index in [4.69, 9.17) is 9.73 Å². The number of nitrogens with zero attached hydrogens (tertiary/aromatic N) is 1. The Balaban J connectivity index is 1.30. The van der Waals surface area contributed by atoms with Crippen LogP contribution in [-0.4, -0.2) is 63.1 Å². The number of aliphatic hydroxyl groups excluding tert-OH is 1. The minimum absolute atomic E-state index is 0.0314. The van der Waals surface area contributed by atoms with Gasteiger partial charge in [0.15, 0.2) is 0 Å². The van der Waals surface area contributed by atoms with Gasteiger partial charge in [0.25, 0.3) is 0 Å². The molecule has 0 aromatic heterocycles. The highest BCUT2D eigenvalue weighted by molar-refractivity contribution is 5.85. The van der Waals surface area contributed by atoms with Crippen molar-refractivity contribution in [2.24, 2.45) is 33.6 Å². The van der Waals surface area contributed by atoms with Crippen LogP contribution in [0.15, 0.2) is 40.9 Å². The Morgan fingerprint density at radius 1 is 1.03 bits per heavy atom. The predicted octanol–water partition coefficient (Wildman–Crippen LogP) is 3.72. The molecule has 8 atom stereocenters. The first-order valence-corrected chi connectivity index (χ1v) is 14.4. The third-order valence-electron chi connectivity index (χ3n) is 11.4. The van der Waals surface area contributed by atoms with Crippen LogP contribution in [-0.2, 0) is 16.0 Å². The molecule has 4 N–H and O–H groups in total. The van der Waals surface area contributed by atoms with Crippen molar-refractivity contribution in [3.8, 4) is 5.75 Å². The monoisotopic (exact) mass is 523 g/mol. The highest BCUT2D eigenvalue weighted by Crippen LogP contribution is 2.70. The van der Waals surface area contributed by atoms with Crippen molar-refractivity contribution in [1.82, 2.24) is 0 Å². The molecule has 0 amide bonds. The maximum absolute atomic E-state index is 12.5. The summed E-state index contributed by atoms with van der Waals surface area (Å²) in [6.45, 7) is 3.11. The summed E-state index contributed by atoms with van der Waals surface area (Å²) in [5, 5.41) is 44.7. The maximum atomic E-state index is 12.5. The summed E-state index contributed by atoms with van der Waals surface area (Å²) in [6, 6.07) is 7.17. The minimum Gasteiger partial charge on any atom is -0.508 e. The summed E-state index contributed by atoms with van der Waals surface area (Å²) >= 11 is 0. The number of aliphatic imine (C=N–C) groups is 1. The normalized spacial score (nSPS) is 44.3. The van der Waals surface area contributed by atoms with Crippen LogP contribution in [0.4, 0.5) is 0 Å². The van der Waals surface area contributed by atoms with E-state index in [9.17, 15) is 25.2 Å². The zero-order valence-electron chi connectivity index (χ0n) is 22.3. The van der Waals surface area contributed by atoms with Crippen LogP contribution < -0.4 is 0 Å². The summed E-state index contributed by atoms with van der Waals surface area (Å²) in [5.41, 5.74) is -0.719. The van der Waals surface area contributed by atoms with E-state index >= 15 is 0 Å². The molecule has 0 saturated heterocycles.